The molecule has 5 heteroatoms. The van der Waals surface area contributed by atoms with Crippen molar-refractivity contribution in [2.45, 2.75) is 13.0 Å². The Morgan fingerprint density at radius 2 is 2.29 bits per heavy atom. The molecule has 1 amide bonds. The second-order valence-corrected chi connectivity index (χ2v) is 4.50. The van der Waals surface area contributed by atoms with Crippen molar-refractivity contribution < 1.29 is 4.79 Å². The first-order chi connectivity index (χ1) is 8.15. The summed E-state index contributed by atoms with van der Waals surface area (Å²) in [6, 6.07) is 5.85. The second-order valence-electron chi connectivity index (χ2n) is 4.10. The lowest BCUT2D eigenvalue weighted by atomic mass is 10.1. The minimum Gasteiger partial charge on any atom is -0.366 e. The highest BCUT2D eigenvalue weighted by Gasteiger charge is 2.26. The van der Waals surface area contributed by atoms with Gasteiger partial charge in [-0.05, 0) is 19.1 Å². The van der Waals surface area contributed by atoms with Crippen LogP contribution in [0.25, 0.3) is 0 Å². The molecule has 0 aromatic heterocycles. The van der Waals surface area contributed by atoms with Crippen LogP contribution in [-0.4, -0.2) is 31.6 Å². The fourth-order valence-corrected chi connectivity index (χ4v) is 2.38. The van der Waals surface area contributed by atoms with Crippen LogP contribution in [0.5, 0.6) is 0 Å². The molecule has 0 unspecified atom stereocenters. The Hall–Kier alpha value is -1.26. The average molecular weight is 254 g/mol. The molecule has 1 fully saturated rings. The van der Waals surface area contributed by atoms with Gasteiger partial charge in [0.2, 0.25) is 0 Å². The molecule has 1 heterocycles. The summed E-state index contributed by atoms with van der Waals surface area (Å²) in [5, 5.41) is 3.64. The van der Waals surface area contributed by atoms with Crippen molar-refractivity contribution in [3.8, 4) is 0 Å². The van der Waals surface area contributed by atoms with E-state index in [4.69, 9.17) is 17.3 Å². The number of likely N-dealkylation sites (N-methyl/N-ethyl adjacent to an activating group) is 1. The average Bonchev–Trinajstić information content (AvgIpc) is 2.22. The van der Waals surface area contributed by atoms with Gasteiger partial charge in [-0.2, -0.15) is 0 Å². The molecule has 17 heavy (non-hydrogen) atoms. The number of carbonyl (C=O) groups is 1. The van der Waals surface area contributed by atoms with Gasteiger partial charge in [0.05, 0.1) is 22.3 Å². The molecule has 1 saturated heterocycles. The van der Waals surface area contributed by atoms with E-state index in [9.17, 15) is 4.79 Å². The Labute approximate surface area is 106 Å². The number of benzene rings is 1. The second kappa shape index (κ2) is 4.94. The molecule has 0 aliphatic carbocycles. The summed E-state index contributed by atoms with van der Waals surface area (Å²) in [6.07, 6.45) is 0. The number of primary amides is 1. The predicted molar refractivity (Wildman–Crippen MR) is 69.6 cm³/mol. The van der Waals surface area contributed by atoms with Gasteiger partial charge < -0.3 is 16.0 Å². The number of nitrogens with one attached hydrogen (secondary N) is 1. The van der Waals surface area contributed by atoms with E-state index >= 15 is 0 Å². The maximum atomic E-state index is 11.5. The molecule has 0 bridgehead atoms. The van der Waals surface area contributed by atoms with E-state index in [1.165, 1.54) is 0 Å². The van der Waals surface area contributed by atoms with Crippen LogP contribution in [-0.2, 0) is 0 Å². The Morgan fingerprint density at radius 1 is 1.59 bits per heavy atom. The molecule has 0 saturated carbocycles. The van der Waals surface area contributed by atoms with Crippen molar-refractivity contribution in [2.75, 3.05) is 24.5 Å². The van der Waals surface area contributed by atoms with Crippen LogP contribution in [0, 0.1) is 0 Å². The first-order valence-electron chi connectivity index (χ1n) is 5.70. The fourth-order valence-electron chi connectivity index (χ4n) is 2.12. The van der Waals surface area contributed by atoms with E-state index in [1.807, 2.05) is 12.1 Å². The third kappa shape index (κ3) is 2.23. The van der Waals surface area contributed by atoms with Crippen molar-refractivity contribution in [1.29, 1.82) is 0 Å². The largest absolute Gasteiger partial charge is 0.366 e. The topological polar surface area (TPSA) is 58.4 Å². The minimum absolute atomic E-state index is 0.413. The van der Waals surface area contributed by atoms with Gasteiger partial charge in [0.15, 0.2) is 0 Å². The summed E-state index contributed by atoms with van der Waals surface area (Å²) >= 11 is 6.05. The minimum atomic E-state index is -0.476. The van der Waals surface area contributed by atoms with Crippen LogP contribution in [0.15, 0.2) is 18.2 Å². The number of halogens is 1. The van der Waals surface area contributed by atoms with E-state index in [0.29, 0.717) is 16.6 Å². The van der Waals surface area contributed by atoms with Crippen LogP contribution in [0.4, 0.5) is 5.69 Å². The van der Waals surface area contributed by atoms with E-state index < -0.39 is 5.91 Å². The number of amides is 1. The molecule has 1 aliphatic heterocycles. The lowest BCUT2D eigenvalue weighted by molar-refractivity contribution is 0.100. The molecule has 1 aliphatic rings. The van der Waals surface area contributed by atoms with Crippen molar-refractivity contribution in [1.82, 2.24) is 5.32 Å². The number of hydrogen-bond donors (Lipinski definition) is 2. The Bertz CT molecular complexity index is 432. The zero-order valence-corrected chi connectivity index (χ0v) is 10.5. The van der Waals surface area contributed by atoms with Crippen LogP contribution in [0.1, 0.15) is 17.3 Å². The molecule has 1 aromatic rings. The van der Waals surface area contributed by atoms with Crippen LogP contribution in [0.3, 0.4) is 0 Å². The quantitative estimate of drug-likeness (QED) is 0.849. The summed E-state index contributed by atoms with van der Waals surface area (Å²) in [7, 11) is 0. The standard InChI is InChI=1S/C12H16ClN3O/c1-2-16(8-6-15-7-8)10-5-3-4-9(13)11(10)12(14)17/h3-5,8,15H,2,6-7H2,1H3,(H2,14,17). The highest BCUT2D eigenvalue weighted by Crippen LogP contribution is 2.29. The molecule has 0 atom stereocenters. The van der Waals surface area contributed by atoms with Crippen LogP contribution < -0.4 is 16.0 Å². The Kier molecular flexibility index (Phi) is 3.54. The van der Waals surface area contributed by atoms with Gasteiger partial charge >= 0.3 is 0 Å². The number of hydrogen-bond acceptors (Lipinski definition) is 3. The molecule has 4 nitrogen and oxygen atoms in total. The zero-order chi connectivity index (χ0) is 12.4. The summed E-state index contributed by atoms with van der Waals surface area (Å²) in [4.78, 5) is 13.7. The van der Waals surface area contributed by atoms with Crippen LogP contribution >= 0.6 is 11.6 Å². The number of carbonyl (C=O) groups excluding carboxylic acids is 1. The highest BCUT2D eigenvalue weighted by atomic mass is 35.5. The first-order valence-corrected chi connectivity index (χ1v) is 6.08. The van der Waals surface area contributed by atoms with E-state index in [0.717, 1.165) is 25.3 Å². The van der Waals surface area contributed by atoms with Crippen LogP contribution in [0.2, 0.25) is 5.02 Å². The fraction of sp³-hybridized carbons (Fsp3) is 0.417. The first kappa shape index (κ1) is 12.2. The van der Waals surface area contributed by atoms with E-state index in [-0.39, 0.29) is 0 Å². The summed E-state index contributed by atoms with van der Waals surface area (Å²) in [5.74, 6) is -0.476. The van der Waals surface area contributed by atoms with Gasteiger partial charge in [-0.15, -0.1) is 0 Å². The molecule has 0 radical (unpaired) electrons. The molecule has 3 N–H and O–H groups in total. The predicted octanol–water partition coefficient (Wildman–Crippen LogP) is 1.24. The van der Waals surface area contributed by atoms with E-state index in [1.54, 1.807) is 6.07 Å². The van der Waals surface area contributed by atoms with Crippen molar-refractivity contribution in [3.05, 3.63) is 28.8 Å². The number of rotatable bonds is 4. The van der Waals surface area contributed by atoms with Gasteiger partial charge in [-0.1, -0.05) is 17.7 Å². The monoisotopic (exact) mass is 253 g/mol. The molecule has 0 spiro atoms. The lowest BCUT2D eigenvalue weighted by Gasteiger charge is -2.40. The lowest BCUT2D eigenvalue weighted by Crippen LogP contribution is -2.57. The highest BCUT2D eigenvalue weighted by molar-refractivity contribution is 6.34. The molecule has 92 valence electrons. The Morgan fingerprint density at radius 3 is 2.76 bits per heavy atom. The summed E-state index contributed by atoms with van der Waals surface area (Å²) < 4.78 is 0. The van der Waals surface area contributed by atoms with Gasteiger partial charge in [0, 0.05) is 19.6 Å². The maximum Gasteiger partial charge on any atom is 0.252 e. The maximum absolute atomic E-state index is 11.5. The number of nitrogens with two attached hydrogens (primary N) is 1. The molecule has 1 aromatic carbocycles. The third-order valence-corrected chi connectivity index (χ3v) is 3.40. The summed E-state index contributed by atoms with van der Waals surface area (Å²) in [6.45, 7) is 4.74. The Balaban J connectivity index is 2.41. The van der Waals surface area contributed by atoms with Gasteiger partial charge in [0.1, 0.15) is 0 Å². The normalized spacial score (nSPS) is 15.4. The zero-order valence-electron chi connectivity index (χ0n) is 9.74. The molecular formula is C12H16ClN3O. The molecular weight excluding hydrogens is 238 g/mol. The van der Waals surface area contributed by atoms with Gasteiger partial charge in [-0.3, -0.25) is 4.79 Å². The van der Waals surface area contributed by atoms with Gasteiger partial charge in [-0.25, -0.2) is 0 Å². The smallest absolute Gasteiger partial charge is 0.252 e. The van der Waals surface area contributed by atoms with Crippen molar-refractivity contribution in [2.24, 2.45) is 5.73 Å². The molecule has 2 rings (SSSR count). The SMILES string of the molecule is CCN(c1cccc(Cl)c1C(N)=O)C1CNC1. The third-order valence-electron chi connectivity index (χ3n) is 3.09. The van der Waals surface area contributed by atoms with Crippen molar-refractivity contribution >= 4 is 23.2 Å². The number of nitrogens with zero attached hydrogens (tertiary/aromatic N) is 1. The van der Waals surface area contributed by atoms with Gasteiger partial charge in [0.25, 0.3) is 5.91 Å². The number of anilines is 1. The van der Waals surface area contributed by atoms with E-state index in [2.05, 4.69) is 17.1 Å². The van der Waals surface area contributed by atoms with Crippen molar-refractivity contribution in [3.63, 3.8) is 0 Å². The summed E-state index contributed by atoms with van der Waals surface area (Å²) in [5.41, 5.74) is 6.65.